The number of hydrogen-bond donors (Lipinski definition) is 2. The van der Waals surface area contributed by atoms with Gasteiger partial charge < -0.3 is 29.4 Å². The molecule has 1 heterocycles. The Morgan fingerprint density at radius 3 is 2.38 bits per heavy atom. The van der Waals surface area contributed by atoms with Gasteiger partial charge in [-0.05, 0) is 76.3 Å². The largest absolute Gasteiger partial charge is 0.497 e. The summed E-state index contributed by atoms with van der Waals surface area (Å²) in [5, 5.41) is 16.0. The quantitative estimate of drug-likeness (QED) is 0.0699. The molecule has 1 aliphatic heterocycles. The molecule has 4 aromatic carbocycles. The molecule has 1 aliphatic rings. The highest BCUT2D eigenvalue weighted by molar-refractivity contribution is 6.01. The summed E-state index contributed by atoms with van der Waals surface area (Å²) in [5.74, 6) is 1.93. The van der Waals surface area contributed by atoms with E-state index in [1.54, 1.807) is 26.4 Å². The zero-order valence-corrected chi connectivity index (χ0v) is 26.3. The Labute approximate surface area is 273 Å². The normalized spacial score (nSPS) is 16.7. The van der Waals surface area contributed by atoms with Gasteiger partial charge in [-0.15, -0.1) is 0 Å². The minimum Gasteiger partial charge on any atom is -0.497 e. The number of benzene rings is 4. The van der Waals surface area contributed by atoms with Gasteiger partial charge in [-0.2, -0.15) is 0 Å². The number of ether oxygens (including phenoxy) is 4. The molecule has 0 unspecified atom stereocenters. The van der Waals surface area contributed by atoms with Crippen LogP contribution in [0.25, 0.3) is 10.4 Å². The number of methoxy groups -OCH3 is 2. The van der Waals surface area contributed by atoms with Crippen LogP contribution in [0.3, 0.4) is 0 Å². The third-order valence-corrected chi connectivity index (χ3v) is 7.92. The topological polar surface area (TPSA) is 147 Å². The van der Waals surface area contributed by atoms with Crippen LogP contribution >= 0.6 is 0 Å². The fraction of sp³-hybridized carbons (Fsp3) is 0.278. The number of carbonyl (C=O) groups excluding carboxylic acids is 1. The number of aliphatic hydroxyl groups is 1. The van der Waals surface area contributed by atoms with Crippen molar-refractivity contribution in [1.29, 1.82) is 0 Å². The predicted octanol–water partition coefficient (Wildman–Crippen LogP) is 6.09. The lowest BCUT2D eigenvalue weighted by atomic mass is 9.80. The van der Waals surface area contributed by atoms with Gasteiger partial charge in [0.05, 0.1) is 27.4 Å². The molecular weight excluding hydrogens is 598 g/mol. The van der Waals surface area contributed by atoms with E-state index in [2.05, 4.69) is 15.3 Å². The van der Waals surface area contributed by atoms with Crippen LogP contribution in [0.4, 0.5) is 0 Å². The lowest BCUT2D eigenvalue weighted by Gasteiger charge is -2.31. The van der Waals surface area contributed by atoms with Gasteiger partial charge >= 0.3 is 0 Å². The summed E-state index contributed by atoms with van der Waals surface area (Å²) in [4.78, 5) is 22.7. The van der Waals surface area contributed by atoms with Crippen LogP contribution in [0.1, 0.15) is 40.3 Å². The van der Waals surface area contributed by atoms with E-state index in [9.17, 15) is 4.79 Å². The van der Waals surface area contributed by atoms with Gasteiger partial charge in [-0.3, -0.25) is 4.79 Å². The Balaban J connectivity index is 1.59. The first-order valence-corrected chi connectivity index (χ1v) is 15.2. The third kappa shape index (κ3) is 7.84. The van der Waals surface area contributed by atoms with Gasteiger partial charge in [0, 0.05) is 36.5 Å². The molecule has 11 nitrogen and oxygen atoms in total. The van der Waals surface area contributed by atoms with E-state index in [1.807, 2.05) is 84.9 Å². The van der Waals surface area contributed by atoms with Crippen molar-refractivity contribution in [2.45, 2.75) is 37.6 Å². The van der Waals surface area contributed by atoms with E-state index in [0.717, 1.165) is 22.4 Å². The minimum absolute atomic E-state index is 0.0446. The molecule has 4 aromatic rings. The van der Waals surface area contributed by atoms with Gasteiger partial charge in [0.2, 0.25) is 5.90 Å². The molecule has 11 heteroatoms. The fourth-order valence-corrected chi connectivity index (χ4v) is 5.45. The Morgan fingerprint density at radius 2 is 1.68 bits per heavy atom. The van der Waals surface area contributed by atoms with Crippen LogP contribution in [0, 0.1) is 0 Å². The van der Waals surface area contributed by atoms with Gasteiger partial charge in [-0.1, -0.05) is 53.6 Å². The highest BCUT2D eigenvalue weighted by Gasteiger charge is 2.53. The number of amides is 1. The molecule has 2 atom stereocenters. The Bertz CT molecular complexity index is 1740. The van der Waals surface area contributed by atoms with E-state index in [1.165, 1.54) is 0 Å². The van der Waals surface area contributed by atoms with Crippen LogP contribution < -0.4 is 19.5 Å². The summed E-state index contributed by atoms with van der Waals surface area (Å²) < 4.78 is 23.2. The highest BCUT2D eigenvalue weighted by Crippen LogP contribution is 2.43. The summed E-state index contributed by atoms with van der Waals surface area (Å²) in [5.41, 5.74) is 11.4. The number of aliphatic hydroxyl groups excluding tert-OH is 1. The number of hydrogen-bond acceptors (Lipinski definition) is 8. The minimum atomic E-state index is -1.46. The Hall–Kier alpha value is -5.51. The van der Waals surface area contributed by atoms with Crippen molar-refractivity contribution in [1.82, 2.24) is 5.32 Å². The SMILES string of the molecule is COc1ccc(CNC(=O)[C@]2(Cc3ccccc3CN=[N+]=[N-])N=C(c3ccc(OCCCO)cc3)O[C@@H]2c2cccc(OC)c2)cc1. The van der Waals surface area contributed by atoms with Crippen molar-refractivity contribution in [2.75, 3.05) is 27.4 Å². The van der Waals surface area contributed by atoms with Crippen LogP contribution in [0.15, 0.2) is 107 Å². The first-order chi connectivity index (χ1) is 23.0. The number of azide groups is 1. The second kappa shape index (κ2) is 15.7. The van der Waals surface area contributed by atoms with Gasteiger partial charge in [-0.25, -0.2) is 4.99 Å². The van der Waals surface area contributed by atoms with Crippen molar-refractivity contribution < 1.29 is 28.8 Å². The summed E-state index contributed by atoms with van der Waals surface area (Å²) >= 11 is 0. The van der Waals surface area contributed by atoms with E-state index in [4.69, 9.17) is 34.6 Å². The zero-order valence-electron chi connectivity index (χ0n) is 26.3. The summed E-state index contributed by atoms with van der Waals surface area (Å²) in [6, 6.07) is 29.7. The molecule has 47 heavy (non-hydrogen) atoms. The maximum Gasteiger partial charge on any atom is 0.252 e. The number of nitrogens with one attached hydrogen (secondary N) is 1. The number of nitrogens with zero attached hydrogens (tertiary/aromatic N) is 4. The molecule has 0 saturated carbocycles. The molecule has 0 aliphatic carbocycles. The maximum atomic E-state index is 14.6. The molecule has 0 fully saturated rings. The number of aliphatic imine (C=N–C) groups is 1. The van der Waals surface area contributed by atoms with Crippen LogP contribution in [-0.2, 0) is 29.0 Å². The van der Waals surface area contributed by atoms with Crippen molar-refractivity contribution >= 4 is 11.8 Å². The van der Waals surface area contributed by atoms with Crippen LogP contribution in [-0.4, -0.2) is 49.9 Å². The summed E-state index contributed by atoms with van der Waals surface area (Å²) in [6.07, 6.45) is -0.155. The van der Waals surface area contributed by atoms with E-state index in [0.29, 0.717) is 41.6 Å². The van der Waals surface area contributed by atoms with Crippen molar-refractivity contribution in [2.24, 2.45) is 10.1 Å². The fourth-order valence-electron chi connectivity index (χ4n) is 5.45. The van der Waals surface area contributed by atoms with E-state index < -0.39 is 11.6 Å². The average Bonchev–Trinajstić information content (AvgIpc) is 3.51. The van der Waals surface area contributed by atoms with Crippen LogP contribution in [0.5, 0.6) is 17.2 Å². The van der Waals surface area contributed by atoms with Gasteiger partial charge in [0.15, 0.2) is 11.6 Å². The molecule has 2 N–H and O–H groups in total. The van der Waals surface area contributed by atoms with Crippen molar-refractivity contribution in [3.05, 3.63) is 135 Å². The predicted molar refractivity (Wildman–Crippen MR) is 178 cm³/mol. The van der Waals surface area contributed by atoms with Crippen LogP contribution in [0.2, 0.25) is 0 Å². The monoisotopic (exact) mass is 635 g/mol. The first kappa shape index (κ1) is 32.9. The lowest BCUT2D eigenvalue weighted by molar-refractivity contribution is -0.129. The van der Waals surface area contributed by atoms with Gasteiger partial charge in [0.1, 0.15) is 17.2 Å². The van der Waals surface area contributed by atoms with E-state index in [-0.39, 0.29) is 32.0 Å². The summed E-state index contributed by atoms with van der Waals surface area (Å²) in [7, 11) is 3.19. The first-order valence-electron chi connectivity index (χ1n) is 15.2. The molecule has 1 amide bonds. The molecule has 0 spiro atoms. The van der Waals surface area contributed by atoms with E-state index >= 15 is 0 Å². The van der Waals surface area contributed by atoms with Crippen molar-refractivity contribution in [3.8, 4) is 17.2 Å². The molecule has 0 radical (unpaired) electrons. The highest BCUT2D eigenvalue weighted by atomic mass is 16.5. The summed E-state index contributed by atoms with van der Waals surface area (Å²) in [6.45, 7) is 0.802. The second-order valence-electron chi connectivity index (χ2n) is 10.9. The molecule has 242 valence electrons. The standard InChI is InChI=1S/C36H37N5O6/c1-44-30-15-11-25(12-16-30)23-38-35(43)36(22-28-7-3-4-8-29(28)24-39-41-37)33(27-9-5-10-32(21-27)45-2)47-34(40-36)26-13-17-31(18-14-26)46-20-6-19-42/h3-5,7-18,21,33,42H,6,19-20,22-24H2,1-2H3,(H,38,43)/t33-,36-/m1/s1. The number of rotatable bonds is 15. The molecular formula is C36H37N5O6. The molecule has 0 aromatic heterocycles. The molecule has 0 saturated heterocycles. The smallest absolute Gasteiger partial charge is 0.252 e. The van der Waals surface area contributed by atoms with Gasteiger partial charge in [0.25, 0.3) is 5.91 Å². The third-order valence-electron chi connectivity index (χ3n) is 7.92. The Morgan fingerprint density at radius 1 is 0.957 bits per heavy atom. The zero-order chi connectivity index (χ0) is 33.1. The lowest BCUT2D eigenvalue weighted by Crippen LogP contribution is -2.49. The Kier molecular flexibility index (Phi) is 11.0. The second-order valence-corrected chi connectivity index (χ2v) is 10.9. The average molecular weight is 636 g/mol. The molecule has 5 rings (SSSR count). The maximum absolute atomic E-state index is 14.6. The molecule has 0 bridgehead atoms. The van der Waals surface area contributed by atoms with Crippen molar-refractivity contribution in [3.63, 3.8) is 0 Å². The number of carbonyl (C=O) groups is 1.